The van der Waals surface area contributed by atoms with Crippen LogP contribution in [-0.4, -0.2) is 41.3 Å². The normalized spacial score (nSPS) is 35.9. The van der Waals surface area contributed by atoms with Gasteiger partial charge in [0.2, 0.25) is 0 Å². The van der Waals surface area contributed by atoms with Gasteiger partial charge in [-0.15, -0.1) is 0 Å². The third-order valence-electron chi connectivity index (χ3n) is 3.22. The molecule has 1 aliphatic carbocycles. The van der Waals surface area contributed by atoms with Crippen molar-refractivity contribution in [2.75, 3.05) is 19.3 Å². The number of ketones is 1. The molecule has 2 rings (SSSR count). The molecule has 2 atom stereocenters. The number of carbonyl (C=O) groups is 1. The predicted molar refractivity (Wildman–Crippen MR) is 56.1 cm³/mol. The van der Waals surface area contributed by atoms with Crippen LogP contribution in [0.5, 0.6) is 0 Å². The first-order valence-electron chi connectivity index (χ1n) is 5.11. The van der Waals surface area contributed by atoms with Crippen LogP contribution in [0.15, 0.2) is 0 Å². The van der Waals surface area contributed by atoms with Crippen molar-refractivity contribution in [1.29, 1.82) is 0 Å². The maximum Gasteiger partial charge on any atom is 0.149 e. The van der Waals surface area contributed by atoms with Crippen molar-refractivity contribution in [3.05, 3.63) is 0 Å². The van der Waals surface area contributed by atoms with Gasteiger partial charge >= 0.3 is 0 Å². The van der Waals surface area contributed by atoms with Gasteiger partial charge in [-0.3, -0.25) is 9.69 Å². The van der Waals surface area contributed by atoms with Crippen molar-refractivity contribution in [1.82, 2.24) is 4.90 Å². The quantitative estimate of drug-likeness (QED) is 0.673. The molecule has 0 amide bonds. The molecule has 2 unspecified atom stereocenters. The van der Waals surface area contributed by atoms with E-state index < -0.39 is 0 Å². The molecule has 74 valence electrons. The highest BCUT2D eigenvalue weighted by Gasteiger charge is 2.34. The summed E-state index contributed by atoms with van der Waals surface area (Å²) in [6, 6.07) is 0.289. The van der Waals surface area contributed by atoms with Gasteiger partial charge in [0.05, 0.1) is 6.04 Å². The molecule has 2 fully saturated rings. The van der Waals surface area contributed by atoms with E-state index in [1.165, 1.54) is 6.42 Å². The second kappa shape index (κ2) is 4.01. The van der Waals surface area contributed by atoms with Crippen molar-refractivity contribution in [3.63, 3.8) is 0 Å². The zero-order valence-corrected chi connectivity index (χ0v) is 8.98. The van der Waals surface area contributed by atoms with Gasteiger partial charge < -0.3 is 0 Å². The number of nitrogens with zero attached hydrogens (tertiary/aromatic N) is 1. The smallest absolute Gasteiger partial charge is 0.149 e. The summed E-state index contributed by atoms with van der Waals surface area (Å²) < 4.78 is 0. The number of thioether (sulfide) groups is 1. The van der Waals surface area contributed by atoms with E-state index in [2.05, 4.69) is 11.2 Å². The van der Waals surface area contributed by atoms with Gasteiger partial charge in [0.25, 0.3) is 0 Å². The minimum Gasteiger partial charge on any atom is -0.298 e. The van der Waals surface area contributed by atoms with Gasteiger partial charge in [-0.05, 0) is 25.5 Å². The van der Waals surface area contributed by atoms with E-state index in [0.717, 1.165) is 37.6 Å². The van der Waals surface area contributed by atoms with Crippen LogP contribution in [0.25, 0.3) is 0 Å². The maximum atomic E-state index is 11.5. The van der Waals surface area contributed by atoms with Crippen molar-refractivity contribution in [2.24, 2.45) is 0 Å². The molecular weight excluding hydrogens is 182 g/mol. The number of hydrogen-bond acceptors (Lipinski definition) is 3. The molecule has 0 aromatic heterocycles. The molecule has 2 nitrogen and oxygen atoms in total. The predicted octanol–water partition coefficient (Wildman–Crippen LogP) is 1.55. The van der Waals surface area contributed by atoms with E-state index in [4.69, 9.17) is 0 Å². The second-order valence-electron chi connectivity index (χ2n) is 4.02. The van der Waals surface area contributed by atoms with E-state index >= 15 is 0 Å². The Labute approximate surface area is 84.1 Å². The van der Waals surface area contributed by atoms with Crippen LogP contribution in [0.4, 0.5) is 0 Å². The highest BCUT2D eigenvalue weighted by molar-refractivity contribution is 7.99. The SMILES string of the molecule is CSC1CCN(C2CCCC2=O)C1. The summed E-state index contributed by atoms with van der Waals surface area (Å²) in [5.74, 6) is 0.488. The fraction of sp³-hybridized carbons (Fsp3) is 0.900. The van der Waals surface area contributed by atoms with Crippen molar-refractivity contribution in [3.8, 4) is 0 Å². The fourth-order valence-corrected chi connectivity index (χ4v) is 3.09. The first-order chi connectivity index (χ1) is 6.31. The lowest BCUT2D eigenvalue weighted by Crippen LogP contribution is -2.36. The molecule has 2 aliphatic rings. The zero-order chi connectivity index (χ0) is 9.26. The van der Waals surface area contributed by atoms with E-state index in [1.54, 1.807) is 0 Å². The summed E-state index contributed by atoms with van der Waals surface area (Å²) in [4.78, 5) is 13.9. The molecule has 13 heavy (non-hydrogen) atoms. The summed E-state index contributed by atoms with van der Waals surface area (Å²) >= 11 is 1.94. The first-order valence-corrected chi connectivity index (χ1v) is 6.39. The van der Waals surface area contributed by atoms with E-state index in [0.29, 0.717) is 5.78 Å². The van der Waals surface area contributed by atoms with E-state index in [-0.39, 0.29) is 6.04 Å². The van der Waals surface area contributed by atoms with Crippen LogP contribution in [0.1, 0.15) is 25.7 Å². The minimum absolute atomic E-state index is 0.289. The number of rotatable bonds is 2. The van der Waals surface area contributed by atoms with Gasteiger partial charge in [0.15, 0.2) is 0 Å². The Morgan fingerprint density at radius 2 is 2.31 bits per heavy atom. The van der Waals surface area contributed by atoms with Gasteiger partial charge in [-0.25, -0.2) is 0 Å². The molecule has 1 saturated carbocycles. The Morgan fingerprint density at radius 1 is 1.46 bits per heavy atom. The Kier molecular flexibility index (Phi) is 2.94. The van der Waals surface area contributed by atoms with Crippen molar-refractivity contribution in [2.45, 2.75) is 37.0 Å². The molecular formula is C10H17NOS. The molecule has 0 radical (unpaired) electrons. The summed E-state index contributed by atoms with van der Waals surface area (Å²) in [6.45, 7) is 2.28. The molecule has 1 aliphatic heterocycles. The van der Waals surface area contributed by atoms with Crippen molar-refractivity contribution < 1.29 is 4.79 Å². The van der Waals surface area contributed by atoms with Crippen molar-refractivity contribution >= 4 is 17.5 Å². The zero-order valence-electron chi connectivity index (χ0n) is 8.16. The summed E-state index contributed by atoms with van der Waals surface area (Å²) in [5, 5.41) is 0.772. The molecule has 0 N–H and O–H groups in total. The Morgan fingerprint density at radius 3 is 2.85 bits per heavy atom. The largest absolute Gasteiger partial charge is 0.298 e. The molecule has 0 bridgehead atoms. The van der Waals surface area contributed by atoms with Gasteiger partial charge in [0.1, 0.15) is 5.78 Å². The van der Waals surface area contributed by atoms with Crippen LogP contribution in [0.2, 0.25) is 0 Å². The van der Waals surface area contributed by atoms with E-state index in [1.807, 2.05) is 11.8 Å². The van der Waals surface area contributed by atoms with Gasteiger partial charge in [0, 0.05) is 24.8 Å². The van der Waals surface area contributed by atoms with Crippen LogP contribution in [-0.2, 0) is 4.79 Å². The molecule has 0 aromatic rings. The Hall–Kier alpha value is -0.0200. The number of hydrogen-bond donors (Lipinski definition) is 0. The maximum absolute atomic E-state index is 11.5. The topological polar surface area (TPSA) is 20.3 Å². The number of carbonyl (C=O) groups excluding carboxylic acids is 1. The first kappa shape index (κ1) is 9.53. The highest BCUT2D eigenvalue weighted by Crippen LogP contribution is 2.27. The minimum atomic E-state index is 0.289. The molecule has 1 heterocycles. The fourth-order valence-electron chi connectivity index (χ4n) is 2.41. The highest BCUT2D eigenvalue weighted by atomic mass is 32.2. The third-order valence-corrected chi connectivity index (χ3v) is 4.27. The standard InChI is InChI=1S/C10H17NOS/c1-13-8-5-6-11(7-8)9-3-2-4-10(9)12/h8-9H,2-7H2,1H3. The number of likely N-dealkylation sites (tertiary alicyclic amines) is 1. The van der Waals surface area contributed by atoms with Crippen LogP contribution >= 0.6 is 11.8 Å². The molecule has 1 saturated heterocycles. The molecule has 3 heteroatoms. The summed E-state index contributed by atoms with van der Waals surface area (Å²) in [7, 11) is 0. The average Bonchev–Trinajstić information content (AvgIpc) is 2.71. The Balaban J connectivity index is 1.91. The summed E-state index contributed by atoms with van der Waals surface area (Å²) in [6.07, 6.45) is 6.49. The Bertz CT molecular complexity index is 207. The lowest BCUT2D eigenvalue weighted by molar-refractivity contribution is -0.121. The summed E-state index contributed by atoms with van der Waals surface area (Å²) in [5.41, 5.74) is 0. The average molecular weight is 199 g/mol. The molecule has 0 aromatic carbocycles. The lowest BCUT2D eigenvalue weighted by Gasteiger charge is -2.21. The monoisotopic (exact) mass is 199 g/mol. The molecule has 0 spiro atoms. The van der Waals surface area contributed by atoms with Crippen LogP contribution in [0.3, 0.4) is 0 Å². The van der Waals surface area contributed by atoms with Gasteiger partial charge in [-0.2, -0.15) is 11.8 Å². The van der Waals surface area contributed by atoms with Gasteiger partial charge in [-0.1, -0.05) is 0 Å². The third kappa shape index (κ3) is 1.91. The lowest BCUT2D eigenvalue weighted by atomic mass is 10.2. The van der Waals surface area contributed by atoms with Crippen LogP contribution in [0, 0.1) is 0 Å². The van der Waals surface area contributed by atoms with E-state index in [9.17, 15) is 4.79 Å². The number of Topliss-reactive ketones (excluding diaryl/α,β-unsaturated/α-hetero) is 1. The van der Waals surface area contributed by atoms with Crippen LogP contribution < -0.4 is 0 Å². The second-order valence-corrected chi connectivity index (χ2v) is 5.15.